The Labute approximate surface area is 112 Å². The number of nitrogens with two attached hydrogens (primary N) is 1. The van der Waals surface area contributed by atoms with E-state index in [0.29, 0.717) is 6.42 Å². The average molecular weight is 292 g/mol. The standard InChI is InChI=1S/C11H20N2O5S/c1-3-11(2,12)10(16)13-4-5-19(17,18)7-8(13)6-9(14)15/h8H,3-7,12H2,1-2H3,(H,14,15). The van der Waals surface area contributed by atoms with E-state index in [1.165, 1.54) is 4.90 Å². The highest BCUT2D eigenvalue weighted by Gasteiger charge is 2.40. The van der Waals surface area contributed by atoms with Crippen molar-refractivity contribution in [3.8, 4) is 0 Å². The third-order valence-electron chi connectivity index (χ3n) is 3.42. The van der Waals surface area contributed by atoms with Crippen LogP contribution in [0.1, 0.15) is 26.7 Å². The predicted octanol–water partition coefficient (Wildman–Crippen LogP) is -0.786. The minimum atomic E-state index is -3.29. The molecule has 2 unspecified atom stereocenters. The van der Waals surface area contributed by atoms with Gasteiger partial charge in [0.15, 0.2) is 9.84 Å². The van der Waals surface area contributed by atoms with Crippen molar-refractivity contribution in [1.29, 1.82) is 0 Å². The fraction of sp³-hybridized carbons (Fsp3) is 0.818. The molecular formula is C11H20N2O5S. The maximum absolute atomic E-state index is 12.3. The molecule has 1 rings (SSSR count). The van der Waals surface area contributed by atoms with Gasteiger partial charge in [-0.05, 0) is 13.3 Å². The van der Waals surface area contributed by atoms with Crippen LogP contribution in [0.4, 0.5) is 0 Å². The van der Waals surface area contributed by atoms with E-state index in [4.69, 9.17) is 10.8 Å². The van der Waals surface area contributed by atoms with Crippen molar-refractivity contribution >= 4 is 21.7 Å². The Morgan fingerprint density at radius 3 is 2.53 bits per heavy atom. The molecule has 1 heterocycles. The zero-order chi connectivity index (χ0) is 14.8. The van der Waals surface area contributed by atoms with Gasteiger partial charge in [0.1, 0.15) is 0 Å². The summed E-state index contributed by atoms with van der Waals surface area (Å²) in [5, 5.41) is 8.83. The van der Waals surface area contributed by atoms with Crippen molar-refractivity contribution in [3.63, 3.8) is 0 Å². The number of carbonyl (C=O) groups excluding carboxylic acids is 1. The van der Waals surface area contributed by atoms with E-state index in [1.54, 1.807) is 13.8 Å². The molecule has 8 heteroatoms. The molecule has 2 atom stereocenters. The molecule has 1 fully saturated rings. The lowest BCUT2D eigenvalue weighted by Gasteiger charge is -2.39. The first-order chi connectivity index (χ1) is 8.59. The molecule has 19 heavy (non-hydrogen) atoms. The number of carboxylic acid groups (broad SMARTS) is 1. The molecular weight excluding hydrogens is 272 g/mol. The number of nitrogens with zero attached hydrogens (tertiary/aromatic N) is 1. The van der Waals surface area contributed by atoms with Crippen LogP contribution in [0, 0.1) is 0 Å². The summed E-state index contributed by atoms with van der Waals surface area (Å²) in [5.41, 5.74) is 4.76. The lowest BCUT2D eigenvalue weighted by atomic mass is 9.97. The van der Waals surface area contributed by atoms with Crippen molar-refractivity contribution in [3.05, 3.63) is 0 Å². The molecule has 0 aromatic heterocycles. The number of aliphatic carboxylic acids is 1. The number of rotatable bonds is 4. The van der Waals surface area contributed by atoms with Crippen LogP contribution >= 0.6 is 0 Å². The molecule has 0 bridgehead atoms. The second kappa shape index (κ2) is 5.46. The molecule has 0 aromatic carbocycles. The molecule has 0 aromatic rings. The van der Waals surface area contributed by atoms with E-state index in [1.807, 2.05) is 0 Å². The second-order valence-corrected chi connectivity index (χ2v) is 7.36. The van der Waals surface area contributed by atoms with Crippen molar-refractivity contribution in [1.82, 2.24) is 4.90 Å². The molecule has 1 aliphatic rings. The Balaban J connectivity index is 2.97. The molecule has 110 valence electrons. The summed E-state index contributed by atoms with van der Waals surface area (Å²) in [4.78, 5) is 24.4. The van der Waals surface area contributed by atoms with E-state index in [9.17, 15) is 18.0 Å². The topological polar surface area (TPSA) is 118 Å². The number of carbonyl (C=O) groups is 2. The second-order valence-electron chi connectivity index (χ2n) is 5.14. The number of sulfone groups is 1. The van der Waals surface area contributed by atoms with Crippen LogP contribution in [0.25, 0.3) is 0 Å². The highest BCUT2D eigenvalue weighted by atomic mass is 32.2. The summed E-state index contributed by atoms with van der Waals surface area (Å²) < 4.78 is 23.1. The summed E-state index contributed by atoms with van der Waals surface area (Å²) in [6.07, 6.45) is 0.0135. The van der Waals surface area contributed by atoms with Crippen LogP contribution in [0.2, 0.25) is 0 Å². The first-order valence-corrected chi connectivity index (χ1v) is 7.93. The number of hydrogen-bond donors (Lipinski definition) is 2. The summed E-state index contributed by atoms with van der Waals surface area (Å²) in [6.45, 7) is 3.33. The Morgan fingerprint density at radius 2 is 2.05 bits per heavy atom. The van der Waals surface area contributed by atoms with Crippen LogP contribution in [0.15, 0.2) is 0 Å². The van der Waals surface area contributed by atoms with E-state index >= 15 is 0 Å². The molecule has 0 spiro atoms. The van der Waals surface area contributed by atoms with Gasteiger partial charge in [-0.2, -0.15) is 0 Å². The Morgan fingerprint density at radius 1 is 1.47 bits per heavy atom. The van der Waals surface area contributed by atoms with Gasteiger partial charge in [-0.3, -0.25) is 9.59 Å². The number of amides is 1. The average Bonchev–Trinajstić information content (AvgIpc) is 2.26. The molecule has 0 saturated carbocycles. The summed E-state index contributed by atoms with van der Waals surface area (Å²) in [5.74, 6) is -1.98. The molecule has 0 radical (unpaired) electrons. The van der Waals surface area contributed by atoms with E-state index < -0.39 is 33.3 Å². The Kier molecular flexibility index (Phi) is 4.57. The van der Waals surface area contributed by atoms with Gasteiger partial charge in [-0.1, -0.05) is 6.92 Å². The predicted molar refractivity (Wildman–Crippen MR) is 69.3 cm³/mol. The van der Waals surface area contributed by atoms with E-state index in [2.05, 4.69) is 0 Å². The first-order valence-electron chi connectivity index (χ1n) is 6.11. The summed E-state index contributed by atoms with van der Waals surface area (Å²) in [6, 6.07) is -0.835. The monoisotopic (exact) mass is 292 g/mol. The zero-order valence-electron chi connectivity index (χ0n) is 11.1. The van der Waals surface area contributed by atoms with Crippen molar-refractivity contribution in [2.45, 2.75) is 38.3 Å². The molecule has 7 nitrogen and oxygen atoms in total. The molecule has 1 saturated heterocycles. The van der Waals surface area contributed by atoms with Crippen LogP contribution in [-0.2, 0) is 19.4 Å². The van der Waals surface area contributed by atoms with Gasteiger partial charge in [0, 0.05) is 6.54 Å². The van der Waals surface area contributed by atoms with Gasteiger partial charge >= 0.3 is 5.97 Å². The smallest absolute Gasteiger partial charge is 0.305 e. The zero-order valence-corrected chi connectivity index (χ0v) is 11.9. The first kappa shape index (κ1) is 15.9. The minimum absolute atomic E-state index is 0.00586. The lowest BCUT2D eigenvalue weighted by Crippen LogP contribution is -2.60. The fourth-order valence-electron chi connectivity index (χ4n) is 2.00. The van der Waals surface area contributed by atoms with Crippen molar-refractivity contribution in [2.75, 3.05) is 18.1 Å². The van der Waals surface area contributed by atoms with Gasteiger partial charge in [-0.15, -0.1) is 0 Å². The highest BCUT2D eigenvalue weighted by molar-refractivity contribution is 7.91. The summed E-state index contributed by atoms with van der Waals surface area (Å²) >= 11 is 0. The van der Waals surface area contributed by atoms with Gasteiger partial charge in [0.05, 0.1) is 29.5 Å². The number of carboxylic acids is 1. The fourth-order valence-corrected chi connectivity index (χ4v) is 3.53. The van der Waals surface area contributed by atoms with E-state index in [0.717, 1.165) is 0 Å². The maximum Gasteiger partial charge on any atom is 0.305 e. The van der Waals surface area contributed by atoms with E-state index in [-0.39, 0.29) is 24.5 Å². The van der Waals surface area contributed by atoms with Gasteiger partial charge in [0.25, 0.3) is 0 Å². The van der Waals surface area contributed by atoms with Crippen LogP contribution < -0.4 is 5.73 Å². The van der Waals surface area contributed by atoms with Crippen LogP contribution in [0.5, 0.6) is 0 Å². The number of hydrogen-bond acceptors (Lipinski definition) is 5. The van der Waals surface area contributed by atoms with Gasteiger partial charge < -0.3 is 15.7 Å². The van der Waals surface area contributed by atoms with Crippen molar-refractivity contribution in [2.24, 2.45) is 5.73 Å². The Hall–Kier alpha value is -1.15. The van der Waals surface area contributed by atoms with Crippen molar-refractivity contribution < 1.29 is 23.1 Å². The maximum atomic E-state index is 12.3. The minimum Gasteiger partial charge on any atom is -0.481 e. The quantitative estimate of drug-likeness (QED) is 0.701. The van der Waals surface area contributed by atoms with Gasteiger partial charge in [0.2, 0.25) is 5.91 Å². The lowest BCUT2D eigenvalue weighted by molar-refractivity contribution is -0.142. The highest BCUT2D eigenvalue weighted by Crippen LogP contribution is 2.20. The van der Waals surface area contributed by atoms with Crippen LogP contribution in [-0.4, -0.2) is 59.9 Å². The Bertz CT molecular complexity index is 471. The molecule has 3 N–H and O–H groups in total. The molecule has 0 aliphatic carbocycles. The SMILES string of the molecule is CCC(C)(N)C(=O)N1CCS(=O)(=O)CC1CC(=O)O. The third kappa shape index (κ3) is 3.90. The summed E-state index contributed by atoms with van der Waals surface area (Å²) in [7, 11) is -3.29. The molecule has 1 aliphatic heterocycles. The normalized spacial score (nSPS) is 25.6. The van der Waals surface area contributed by atoms with Crippen LogP contribution in [0.3, 0.4) is 0 Å². The largest absolute Gasteiger partial charge is 0.481 e. The third-order valence-corrected chi connectivity index (χ3v) is 5.12. The van der Waals surface area contributed by atoms with Gasteiger partial charge in [-0.25, -0.2) is 8.42 Å². The molecule has 1 amide bonds.